The molecule has 0 atom stereocenters. The highest BCUT2D eigenvalue weighted by Crippen LogP contribution is 2.19. The van der Waals surface area contributed by atoms with Crippen molar-refractivity contribution in [1.29, 1.82) is 5.26 Å². The van der Waals surface area contributed by atoms with E-state index in [0.29, 0.717) is 50.6 Å². The Morgan fingerprint density at radius 3 is 2.65 bits per heavy atom. The standard InChI is InChI=1S/C23H23N5O2S/c1-17-16-31-21(26-17)15-30-20-6-4-18(5-7-20)13-22(29)27-9-11-28(12-10-27)23-19(14-24)3-2-8-25-23/h2-8,16H,9-13,15H2,1H3. The lowest BCUT2D eigenvalue weighted by Gasteiger charge is -2.35. The highest BCUT2D eigenvalue weighted by molar-refractivity contribution is 7.09. The first-order chi connectivity index (χ1) is 15.1. The number of carbonyl (C=O) groups excluding carboxylic acids is 1. The molecule has 1 aliphatic rings. The molecule has 8 heteroatoms. The Morgan fingerprint density at radius 2 is 1.97 bits per heavy atom. The number of amides is 1. The summed E-state index contributed by atoms with van der Waals surface area (Å²) < 4.78 is 5.77. The minimum Gasteiger partial charge on any atom is -0.486 e. The van der Waals surface area contributed by atoms with Gasteiger partial charge in [0.25, 0.3) is 0 Å². The third-order valence-electron chi connectivity index (χ3n) is 5.15. The van der Waals surface area contributed by atoms with E-state index in [1.807, 2.05) is 41.5 Å². The summed E-state index contributed by atoms with van der Waals surface area (Å²) >= 11 is 1.59. The number of thiazole rings is 1. The molecule has 0 aliphatic carbocycles. The maximum atomic E-state index is 12.7. The Labute approximate surface area is 185 Å². The number of rotatable bonds is 6. The zero-order chi connectivity index (χ0) is 21.6. The van der Waals surface area contributed by atoms with E-state index in [1.165, 1.54) is 0 Å². The monoisotopic (exact) mass is 433 g/mol. The molecule has 1 aliphatic heterocycles. The fourth-order valence-corrected chi connectivity index (χ4v) is 4.19. The van der Waals surface area contributed by atoms with Gasteiger partial charge in [-0.3, -0.25) is 4.79 Å². The van der Waals surface area contributed by atoms with E-state index in [4.69, 9.17) is 4.74 Å². The summed E-state index contributed by atoms with van der Waals surface area (Å²) in [4.78, 5) is 25.4. The van der Waals surface area contributed by atoms with Crippen molar-refractivity contribution in [3.63, 3.8) is 0 Å². The predicted molar refractivity (Wildman–Crippen MR) is 119 cm³/mol. The third-order valence-corrected chi connectivity index (χ3v) is 6.09. The molecule has 1 aromatic carbocycles. The predicted octanol–water partition coefficient (Wildman–Crippen LogP) is 3.19. The number of nitriles is 1. The second-order valence-electron chi connectivity index (χ2n) is 7.35. The highest BCUT2D eigenvalue weighted by atomic mass is 32.1. The van der Waals surface area contributed by atoms with E-state index in [0.717, 1.165) is 22.0 Å². The lowest BCUT2D eigenvalue weighted by Crippen LogP contribution is -2.49. The smallest absolute Gasteiger partial charge is 0.227 e. The summed E-state index contributed by atoms with van der Waals surface area (Å²) in [6.45, 7) is 4.99. The average Bonchev–Trinajstić information content (AvgIpc) is 3.23. The molecule has 0 radical (unpaired) electrons. The summed E-state index contributed by atoms with van der Waals surface area (Å²) in [5, 5.41) is 12.2. The molecule has 0 bridgehead atoms. The molecular formula is C23H23N5O2S. The molecule has 0 N–H and O–H groups in total. The third kappa shape index (κ3) is 5.19. The molecule has 1 amide bonds. The maximum Gasteiger partial charge on any atom is 0.227 e. The minimum absolute atomic E-state index is 0.105. The fraction of sp³-hybridized carbons (Fsp3) is 0.304. The van der Waals surface area contributed by atoms with Gasteiger partial charge in [0, 0.05) is 43.4 Å². The number of piperazine rings is 1. The fourth-order valence-electron chi connectivity index (χ4n) is 3.51. The molecule has 3 heterocycles. The highest BCUT2D eigenvalue weighted by Gasteiger charge is 2.23. The Hall–Kier alpha value is -3.44. The lowest BCUT2D eigenvalue weighted by atomic mass is 10.1. The summed E-state index contributed by atoms with van der Waals surface area (Å²) in [7, 11) is 0. The molecule has 0 unspecified atom stereocenters. The summed E-state index contributed by atoms with van der Waals surface area (Å²) in [6.07, 6.45) is 2.05. The second-order valence-corrected chi connectivity index (χ2v) is 8.29. The van der Waals surface area contributed by atoms with Crippen LogP contribution in [0.3, 0.4) is 0 Å². The minimum atomic E-state index is 0.105. The van der Waals surface area contributed by atoms with Crippen molar-refractivity contribution in [3.8, 4) is 11.8 Å². The van der Waals surface area contributed by atoms with Crippen LogP contribution >= 0.6 is 11.3 Å². The zero-order valence-electron chi connectivity index (χ0n) is 17.3. The van der Waals surface area contributed by atoms with Gasteiger partial charge < -0.3 is 14.5 Å². The number of ether oxygens (including phenoxy) is 1. The van der Waals surface area contributed by atoms with Crippen molar-refractivity contribution in [3.05, 3.63) is 69.8 Å². The largest absolute Gasteiger partial charge is 0.486 e. The molecule has 2 aromatic heterocycles. The Bertz CT molecular complexity index is 1080. The lowest BCUT2D eigenvalue weighted by molar-refractivity contribution is -0.130. The van der Waals surface area contributed by atoms with Crippen LogP contribution in [0, 0.1) is 18.3 Å². The van der Waals surface area contributed by atoms with Crippen LogP contribution in [0.25, 0.3) is 0 Å². The molecular weight excluding hydrogens is 410 g/mol. The van der Waals surface area contributed by atoms with Crippen molar-refractivity contribution < 1.29 is 9.53 Å². The van der Waals surface area contributed by atoms with Gasteiger partial charge in [0.15, 0.2) is 0 Å². The summed E-state index contributed by atoms with van der Waals surface area (Å²) in [5.74, 6) is 1.56. The van der Waals surface area contributed by atoms with Crippen LogP contribution in [-0.2, 0) is 17.8 Å². The molecule has 158 valence electrons. The molecule has 31 heavy (non-hydrogen) atoms. The first-order valence-electron chi connectivity index (χ1n) is 10.1. The number of carbonyl (C=O) groups is 1. The number of pyridine rings is 1. The molecule has 0 saturated carbocycles. The number of aryl methyl sites for hydroxylation is 1. The Balaban J connectivity index is 1.27. The normalized spacial score (nSPS) is 13.7. The number of nitrogens with zero attached hydrogens (tertiary/aromatic N) is 5. The van der Waals surface area contributed by atoms with Crippen LogP contribution in [0.4, 0.5) is 5.82 Å². The van der Waals surface area contributed by atoms with Crippen molar-refractivity contribution in [2.45, 2.75) is 20.0 Å². The van der Waals surface area contributed by atoms with E-state index >= 15 is 0 Å². The van der Waals surface area contributed by atoms with Crippen LogP contribution in [0.15, 0.2) is 48.0 Å². The summed E-state index contributed by atoms with van der Waals surface area (Å²) in [5.41, 5.74) is 2.53. The van der Waals surface area contributed by atoms with Gasteiger partial charge in [-0.2, -0.15) is 5.26 Å². The van der Waals surface area contributed by atoms with Crippen LogP contribution in [0.2, 0.25) is 0 Å². The quantitative estimate of drug-likeness (QED) is 0.594. The number of hydrogen-bond acceptors (Lipinski definition) is 7. The first kappa shape index (κ1) is 20.8. The SMILES string of the molecule is Cc1csc(COc2ccc(CC(=O)N3CCN(c4ncccc4C#N)CC3)cc2)n1. The number of benzene rings is 1. The van der Waals surface area contributed by atoms with Crippen molar-refractivity contribution in [2.24, 2.45) is 0 Å². The summed E-state index contributed by atoms with van der Waals surface area (Å²) in [6, 6.07) is 13.4. The van der Waals surface area contributed by atoms with Gasteiger partial charge >= 0.3 is 0 Å². The van der Waals surface area contributed by atoms with E-state index in [-0.39, 0.29) is 5.91 Å². The van der Waals surface area contributed by atoms with Gasteiger partial charge in [-0.1, -0.05) is 12.1 Å². The van der Waals surface area contributed by atoms with Gasteiger partial charge in [-0.15, -0.1) is 11.3 Å². The second kappa shape index (κ2) is 9.58. The van der Waals surface area contributed by atoms with Gasteiger partial charge in [-0.25, -0.2) is 9.97 Å². The van der Waals surface area contributed by atoms with Crippen molar-refractivity contribution in [2.75, 3.05) is 31.1 Å². The molecule has 3 aromatic rings. The van der Waals surface area contributed by atoms with Crippen molar-refractivity contribution in [1.82, 2.24) is 14.9 Å². The average molecular weight is 434 g/mol. The van der Waals surface area contributed by atoms with Gasteiger partial charge in [0.1, 0.15) is 29.3 Å². The van der Waals surface area contributed by atoms with Crippen LogP contribution < -0.4 is 9.64 Å². The van der Waals surface area contributed by atoms with E-state index in [9.17, 15) is 10.1 Å². The number of anilines is 1. The van der Waals surface area contributed by atoms with Crippen LogP contribution in [0.5, 0.6) is 5.75 Å². The van der Waals surface area contributed by atoms with Crippen molar-refractivity contribution >= 4 is 23.1 Å². The molecule has 1 fully saturated rings. The molecule has 1 saturated heterocycles. The van der Waals surface area contributed by atoms with Crippen LogP contribution in [-0.4, -0.2) is 47.0 Å². The van der Waals surface area contributed by atoms with E-state index in [2.05, 4.69) is 20.9 Å². The Morgan fingerprint density at radius 1 is 1.19 bits per heavy atom. The van der Waals surface area contributed by atoms with Crippen LogP contribution in [0.1, 0.15) is 21.8 Å². The van der Waals surface area contributed by atoms with Gasteiger partial charge in [0.2, 0.25) is 5.91 Å². The van der Waals surface area contributed by atoms with Gasteiger partial charge in [0.05, 0.1) is 12.0 Å². The number of hydrogen-bond donors (Lipinski definition) is 0. The van der Waals surface area contributed by atoms with E-state index < -0.39 is 0 Å². The zero-order valence-corrected chi connectivity index (χ0v) is 18.1. The molecule has 0 spiro atoms. The topological polar surface area (TPSA) is 82.4 Å². The first-order valence-corrected chi connectivity index (χ1v) is 11.0. The molecule has 7 nitrogen and oxygen atoms in total. The number of aromatic nitrogens is 2. The van der Waals surface area contributed by atoms with E-state index in [1.54, 1.807) is 29.7 Å². The molecule has 4 rings (SSSR count). The van der Waals surface area contributed by atoms with Gasteiger partial charge in [-0.05, 0) is 36.8 Å². The maximum absolute atomic E-state index is 12.7. The Kier molecular flexibility index (Phi) is 6.43.